The van der Waals surface area contributed by atoms with Gasteiger partial charge in [-0.3, -0.25) is 4.79 Å². The zero-order valence-electron chi connectivity index (χ0n) is 9.31. The zero-order valence-corrected chi connectivity index (χ0v) is 9.31. The quantitative estimate of drug-likeness (QED) is 0.581. The average Bonchev–Trinajstić information content (AvgIpc) is 2.78. The van der Waals surface area contributed by atoms with Gasteiger partial charge >= 0.3 is 0 Å². The summed E-state index contributed by atoms with van der Waals surface area (Å²) in [6, 6.07) is 1.81. The van der Waals surface area contributed by atoms with Gasteiger partial charge < -0.3 is 0 Å². The number of rotatable bonds is 3. The van der Waals surface area contributed by atoms with Crippen LogP contribution in [0, 0.1) is 23.4 Å². The average molecular weight is 242 g/mol. The van der Waals surface area contributed by atoms with Crippen molar-refractivity contribution in [2.75, 3.05) is 0 Å². The highest BCUT2D eigenvalue weighted by atomic mass is 19.2. The van der Waals surface area contributed by atoms with E-state index in [1.807, 2.05) is 0 Å². The minimum Gasteiger partial charge on any atom is -0.294 e. The molecule has 17 heavy (non-hydrogen) atoms. The third-order valence-electron chi connectivity index (χ3n) is 3.28. The van der Waals surface area contributed by atoms with Crippen molar-refractivity contribution in [3.63, 3.8) is 0 Å². The van der Waals surface area contributed by atoms with Crippen molar-refractivity contribution in [2.24, 2.45) is 5.92 Å². The predicted octanol–water partition coefficient (Wildman–Crippen LogP) is 3.87. The van der Waals surface area contributed by atoms with E-state index in [-0.39, 0.29) is 17.9 Å². The number of ketones is 1. The highest BCUT2D eigenvalue weighted by Gasteiger charge is 2.23. The molecular weight excluding hydrogens is 229 g/mol. The first-order valence-corrected chi connectivity index (χ1v) is 5.76. The van der Waals surface area contributed by atoms with Crippen LogP contribution in [0.25, 0.3) is 0 Å². The monoisotopic (exact) mass is 242 g/mol. The van der Waals surface area contributed by atoms with Gasteiger partial charge in [0.05, 0.1) is 5.56 Å². The van der Waals surface area contributed by atoms with Gasteiger partial charge in [0.25, 0.3) is 0 Å². The molecule has 0 aliphatic heterocycles. The van der Waals surface area contributed by atoms with Gasteiger partial charge in [-0.15, -0.1) is 0 Å². The lowest BCUT2D eigenvalue weighted by Crippen LogP contribution is -2.09. The molecule has 92 valence electrons. The van der Waals surface area contributed by atoms with E-state index in [9.17, 15) is 18.0 Å². The number of Topliss-reactive ketones (excluding diaryl/α,β-unsaturated/α-hetero) is 1. The van der Waals surface area contributed by atoms with Crippen LogP contribution in [0.3, 0.4) is 0 Å². The Morgan fingerprint density at radius 2 is 1.76 bits per heavy atom. The van der Waals surface area contributed by atoms with Crippen molar-refractivity contribution in [3.05, 3.63) is 35.1 Å². The summed E-state index contributed by atoms with van der Waals surface area (Å²) >= 11 is 0. The molecule has 0 spiro atoms. The van der Waals surface area contributed by atoms with E-state index in [2.05, 4.69) is 0 Å². The smallest absolute Gasteiger partial charge is 0.195 e. The molecule has 1 aliphatic carbocycles. The molecule has 0 saturated heterocycles. The standard InChI is InChI=1S/C13H13F3O/c14-10-6-5-9(12(15)13(10)16)11(17)7-8-3-1-2-4-8/h5-6,8H,1-4,7H2. The number of carbonyl (C=O) groups is 1. The van der Waals surface area contributed by atoms with Gasteiger partial charge in [0.2, 0.25) is 0 Å². The lowest BCUT2D eigenvalue weighted by Gasteiger charge is -2.08. The first-order chi connectivity index (χ1) is 8.09. The zero-order chi connectivity index (χ0) is 12.4. The van der Waals surface area contributed by atoms with Gasteiger partial charge in [-0.2, -0.15) is 0 Å². The van der Waals surface area contributed by atoms with Gasteiger partial charge in [-0.1, -0.05) is 25.7 Å². The van der Waals surface area contributed by atoms with Crippen LogP contribution in [0.1, 0.15) is 42.5 Å². The molecule has 2 rings (SSSR count). The van der Waals surface area contributed by atoms with E-state index < -0.39 is 23.2 Å². The molecule has 4 heteroatoms. The first-order valence-electron chi connectivity index (χ1n) is 5.76. The Labute approximate surface area is 97.6 Å². The van der Waals surface area contributed by atoms with Gasteiger partial charge in [0, 0.05) is 6.42 Å². The maximum absolute atomic E-state index is 13.4. The minimum atomic E-state index is -1.57. The molecular formula is C13H13F3O. The van der Waals surface area contributed by atoms with Crippen molar-refractivity contribution in [3.8, 4) is 0 Å². The van der Waals surface area contributed by atoms with Gasteiger partial charge in [-0.05, 0) is 18.1 Å². The molecule has 1 aromatic carbocycles. The molecule has 1 aliphatic rings. The van der Waals surface area contributed by atoms with Crippen molar-refractivity contribution in [1.29, 1.82) is 0 Å². The Hall–Kier alpha value is -1.32. The van der Waals surface area contributed by atoms with E-state index in [1.54, 1.807) is 0 Å². The van der Waals surface area contributed by atoms with Gasteiger partial charge in [-0.25, -0.2) is 13.2 Å². The van der Waals surface area contributed by atoms with Crippen LogP contribution in [-0.2, 0) is 0 Å². The molecule has 0 atom stereocenters. The van der Waals surface area contributed by atoms with Crippen molar-refractivity contribution < 1.29 is 18.0 Å². The van der Waals surface area contributed by atoms with Crippen molar-refractivity contribution in [2.45, 2.75) is 32.1 Å². The molecule has 0 heterocycles. The van der Waals surface area contributed by atoms with Crippen LogP contribution in [0.2, 0.25) is 0 Å². The third kappa shape index (κ3) is 2.51. The molecule has 0 unspecified atom stereocenters. The lowest BCUT2D eigenvalue weighted by atomic mass is 9.96. The number of carbonyl (C=O) groups excluding carboxylic acids is 1. The second-order valence-corrected chi connectivity index (χ2v) is 4.50. The number of halogens is 3. The maximum Gasteiger partial charge on any atom is 0.195 e. The van der Waals surface area contributed by atoms with E-state index in [4.69, 9.17) is 0 Å². The van der Waals surface area contributed by atoms with E-state index in [0.29, 0.717) is 0 Å². The minimum absolute atomic E-state index is 0.224. The normalized spacial score (nSPS) is 16.4. The Morgan fingerprint density at radius 3 is 2.41 bits per heavy atom. The molecule has 0 radical (unpaired) electrons. The van der Waals surface area contributed by atoms with E-state index >= 15 is 0 Å². The summed E-state index contributed by atoms with van der Waals surface area (Å²) < 4.78 is 39.0. The Balaban J connectivity index is 2.16. The van der Waals surface area contributed by atoms with E-state index in [1.165, 1.54) is 0 Å². The molecule has 0 aromatic heterocycles. The van der Waals surface area contributed by atoms with Crippen LogP contribution in [0.15, 0.2) is 12.1 Å². The molecule has 0 amide bonds. The third-order valence-corrected chi connectivity index (χ3v) is 3.28. The summed E-state index contributed by atoms with van der Waals surface area (Å²) in [5.74, 6) is -4.38. The highest BCUT2D eigenvalue weighted by Crippen LogP contribution is 2.29. The Bertz CT molecular complexity index is 437. The molecule has 1 nitrogen and oxygen atoms in total. The van der Waals surface area contributed by atoms with Crippen LogP contribution in [0.4, 0.5) is 13.2 Å². The Morgan fingerprint density at radius 1 is 1.12 bits per heavy atom. The van der Waals surface area contributed by atoms with Crippen molar-refractivity contribution in [1.82, 2.24) is 0 Å². The SMILES string of the molecule is O=C(CC1CCCC1)c1ccc(F)c(F)c1F. The lowest BCUT2D eigenvalue weighted by molar-refractivity contribution is 0.0957. The summed E-state index contributed by atoms with van der Waals surface area (Å²) in [4.78, 5) is 11.8. The summed E-state index contributed by atoms with van der Waals surface area (Å²) in [5.41, 5.74) is -0.337. The van der Waals surface area contributed by atoms with Gasteiger partial charge in [0.15, 0.2) is 23.2 Å². The predicted molar refractivity (Wildman–Crippen MR) is 57.2 cm³/mol. The number of hydrogen-bond acceptors (Lipinski definition) is 1. The van der Waals surface area contributed by atoms with Gasteiger partial charge in [0.1, 0.15) is 0 Å². The fourth-order valence-electron chi connectivity index (χ4n) is 2.33. The topological polar surface area (TPSA) is 17.1 Å². The van der Waals surface area contributed by atoms with Crippen LogP contribution in [-0.4, -0.2) is 5.78 Å². The maximum atomic E-state index is 13.4. The van der Waals surface area contributed by atoms with Crippen LogP contribution >= 0.6 is 0 Å². The molecule has 0 N–H and O–H groups in total. The van der Waals surface area contributed by atoms with E-state index in [0.717, 1.165) is 37.8 Å². The fraction of sp³-hybridized carbons (Fsp3) is 0.462. The van der Waals surface area contributed by atoms with Crippen molar-refractivity contribution >= 4 is 5.78 Å². The first kappa shape index (κ1) is 12.1. The summed E-state index contributed by atoms with van der Waals surface area (Å²) in [5, 5.41) is 0. The highest BCUT2D eigenvalue weighted by molar-refractivity contribution is 5.96. The molecule has 1 saturated carbocycles. The van der Waals surface area contributed by atoms with Crippen LogP contribution < -0.4 is 0 Å². The number of benzene rings is 1. The second kappa shape index (κ2) is 4.90. The fourth-order valence-corrected chi connectivity index (χ4v) is 2.33. The summed E-state index contributed by atoms with van der Waals surface area (Å²) in [6.45, 7) is 0. The summed E-state index contributed by atoms with van der Waals surface area (Å²) in [7, 11) is 0. The molecule has 1 fully saturated rings. The largest absolute Gasteiger partial charge is 0.294 e. The second-order valence-electron chi connectivity index (χ2n) is 4.50. The molecule has 1 aromatic rings. The van der Waals surface area contributed by atoms with Crippen LogP contribution in [0.5, 0.6) is 0 Å². The molecule has 0 bridgehead atoms. The summed E-state index contributed by atoms with van der Waals surface area (Å²) in [6.07, 6.45) is 4.30. The Kier molecular flexibility index (Phi) is 3.50. The number of hydrogen-bond donors (Lipinski definition) is 0.